The number of aryl methyl sites for hydroxylation is 2. The van der Waals surface area contributed by atoms with Crippen LogP contribution in [0.15, 0.2) is 9.95 Å². The van der Waals surface area contributed by atoms with Crippen molar-refractivity contribution in [3.8, 4) is 0 Å². The van der Waals surface area contributed by atoms with Gasteiger partial charge in [0, 0.05) is 23.2 Å². The number of hydrogen-bond donors (Lipinski definition) is 0. The highest BCUT2D eigenvalue weighted by molar-refractivity contribution is 7.99. The van der Waals surface area contributed by atoms with Gasteiger partial charge < -0.3 is 4.90 Å². The average molecular weight is 366 g/mol. The van der Waals surface area contributed by atoms with Gasteiger partial charge in [-0.15, -0.1) is 11.3 Å². The maximum absolute atomic E-state index is 13.0. The molecule has 3 heterocycles. The predicted molar refractivity (Wildman–Crippen MR) is 105 cm³/mol. The van der Waals surface area contributed by atoms with E-state index in [0.717, 1.165) is 33.2 Å². The summed E-state index contributed by atoms with van der Waals surface area (Å²) in [6.07, 6.45) is 4.00. The number of nitrogens with zero attached hydrogens (tertiary/aromatic N) is 3. The summed E-state index contributed by atoms with van der Waals surface area (Å²) in [4.78, 5) is 22.5. The first-order valence-electron chi connectivity index (χ1n) is 8.86. The minimum Gasteiger partial charge on any atom is -0.303 e. The SMILES string of the molecule is Cc1sc2nc(SCCN3CCCCC3)n(C(C)C)c(=O)c2c1C. The van der Waals surface area contributed by atoms with Crippen molar-refractivity contribution in [2.45, 2.75) is 58.2 Å². The van der Waals surface area contributed by atoms with E-state index in [4.69, 9.17) is 4.98 Å². The molecule has 2 aromatic rings. The number of thiophene rings is 1. The number of fused-ring (bicyclic) bond motifs is 1. The Balaban J connectivity index is 1.86. The summed E-state index contributed by atoms with van der Waals surface area (Å²) in [5.41, 5.74) is 1.21. The van der Waals surface area contributed by atoms with Crippen molar-refractivity contribution < 1.29 is 0 Å². The third-order valence-electron chi connectivity index (χ3n) is 4.81. The summed E-state index contributed by atoms with van der Waals surface area (Å²) in [7, 11) is 0. The Morgan fingerprint density at radius 1 is 1.21 bits per heavy atom. The molecular formula is C18H27N3OS2. The van der Waals surface area contributed by atoms with Crippen LogP contribution in [0.4, 0.5) is 0 Å². The number of likely N-dealkylation sites (tertiary alicyclic amines) is 1. The van der Waals surface area contributed by atoms with Gasteiger partial charge in [0.25, 0.3) is 5.56 Å². The van der Waals surface area contributed by atoms with Crippen LogP contribution in [0.1, 0.15) is 49.6 Å². The van der Waals surface area contributed by atoms with Crippen LogP contribution < -0.4 is 5.56 Å². The van der Waals surface area contributed by atoms with Gasteiger partial charge in [-0.3, -0.25) is 9.36 Å². The van der Waals surface area contributed by atoms with E-state index in [9.17, 15) is 4.79 Å². The van der Waals surface area contributed by atoms with Gasteiger partial charge in [-0.05, 0) is 59.2 Å². The van der Waals surface area contributed by atoms with Gasteiger partial charge >= 0.3 is 0 Å². The Morgan fingerprint density at radius 2 is 1.92 bits per heavy atom. The quantitative estimate of drug-likeness (QED) is 0.587. The molecule has 24 heavy (non-hydrogen) atoms. The summed E-state index contributed by atoms with van der Waals surface area (Å²) >= 11 is 3.37. The number of aromatic nitrogens is 2. The van der Waals surface area contributed by atoms with Gasteiger partial charge in [0.2, 0.25) is 0 Å². The highest BCUT2D eigenvalue weighted by atomic mass is 32.2. The lowest BCUT2D eigenvalue weighted by molar-refractivity contribution is 0.242. The predicted octanol–water partition coefficient (Wildman–Crippen LogP) is 4.23. The molecule has 0 spiro atoms. The van der Waals surface area contributed by atoms with Crippen LogP contribution in [0.2, 0.25) is 0 Å². The van der Waals surface area contributed by atoms with Crippen LogP contribution in [0.3, 0.4) is 0 Å². The van der Waals surface area contributed by atoms with E-state index in [0.29, 0.717) is 0 Å². The van der Waals surface area contributed by atoms with Crippen molar-refractivity contribution in [1.29, 1.82) is 0 Å². The molecule has 0 aliphatic carbocycles. The van der Waals surface area contributed by atoms with Gasteiger partial charge in [0.1, 0.15) is 4.83 Å². The molecule has 0 aromatic carbocycles. The van der Waals surface area contributed by atoms with Crippen LogP contribution >= 0.6 is 23.1 Å². The summed E-state index contributed by atoms with van der Waals surface area (Å²) in [6, 6.07) is 0.131. The van der Waals surface area contributed by atoms with Gasteiger partial charge in [0.05, 0.1) is 5.39 Å². The van der Waals surface area contributed by atoms with Gasteiger partial charge in [-0.1, -0.05) is 18.2 Å². The van der Waals surface area contributed by atoms with E-state index in [1.807, 2.05) is 11.5 Å². The second-order valence-electron chi connectivity index (χ2n) is 6.88. The van der Waals surface area contributed by atoms with Crippen molar-refractivity contribution in [1.82, 2.24) is 14.5 Å². The molecule has 0 amide bonds. The fourth-order valence-electron chi connectivity index (χ4n) is 3.29. The first-order chi connectivity index (χ1) is 11.5. The zero-order chi connectivity index (χ0) is 17.3. The molecule has 0 N–H and O–H groups in total. The molecule has 0 saturated carbocycles. The van der Waals surface area contributed by atoms with Gasteiger partial charge in [-0.2, -0.15) is 0 Å². The van der Waals surface area contributed by atoms with E-state index in [-0.39, 0.29) is 11.6 Å². The molecule has 3 rings (SSSR count). The average Bonchev–Trinajstić information content (AvgIpc) is 2.83. The standard InChI is InChI=1S/C18H27N3OS2/c1-12(2)21-17(22)15-13(3)14(4)24-16(15)19-18(21)23-11-10-20-8-6-5-7-9-20/h12H,5-11H2,1-4H3. The Kier molecular flexibility index (Phi) is 5.67. The normalized spacial score (nSPS) is 16.4. The molecule has 0 atom stereocenters. The lowest BCUT2D eigenvalue weighted by Gasteiger charge is -2.26. The van der Waals surface area contributed by atoms with Crippen LogP contribution in [0.25, 0.3) is 10.2 Å². The van der Waals surface area contributed by atoms with E-state index in [1.165, 1.54) is 37.2 Å². The Hall–Kier alpha value is -0.850. The second-order valence-corrected chi connectivity index (χ2v) is 9.14. The first kappa shape index (κ1) is 18.0. The van der Waals surface area contributed by atoms with E-state index in [1.54, 1.807) is 23.1 Å². The molecule has 0 radical (unpaired) electrons. The molecule has 1 aliphatic heterocycles. The Morgan fingerprint density at radius 3 is 2.58 bits per heavy atom. The maximum atomic E-state index is 13.0. The Bertz CT molecular complexity index is 773. The minimum absolute atomic E-state index is 0.123. The van der Waals surface area contributed by atoms with Crippen molar-refractivity contribution in [3.05, 3.63) is 20.8 Å². The zero-order valence-corrected chi connectivity index (χ0v) is 16.7. The molecular weight excluding hydrogens is 338 g/mol. The third-order valence-corrected chi connectivity index (χ3v) is 6.84. The summed E-state index contributed by atoms with van der Waals surface area (Å²) < 4.78 is 1.88. The van der Waals surface area contributed by atoms with Crippen LogP contribution in [-0.4, -0.2) is 39.8 Å². The lowest BCUT2D eigenvalue weighted by Crippen LogP contribution is -2.32. The number of thioether (sulfide) groups is 1. The molecule has 132 valence electrons. The molecule has 0 unspecified atom stereocenters. The van der Waals surface area contributed by atoms with Crippen LogP contribution in [0, 0.1) is 13.8 Å². The van der Waals surface area contributed by atoms with Crippen molar-refractivity contribution in [2.24, 2.45) is 0 Å². The molecule has 4 nitrogen and oxygen atoms in total. The topological polar surface area (TPSA) is 38.1 Å². The summed E-state index contributed by atoms with van der Waals surface area (Å²) in [5, 5.41) is 1.69. The molecule has 0 bridgehead atoms. The second kappa shape index (κ2) is 7.58. The Labute approximate surface area is 152 Å². The zero-order valence-electron chi connectivity index (χ0n) is 15.1. The molecule has 2 aromatic heterocycles. The molecule has 6 heteroatoms. The van der Waals surface area contributed by atoms with E-state index < -0.39 is 0 Å². The van der Waals surface area contributed by atoms with Crippen LogP contribution in [0.5, 0.6) is 0 Å². The van der Waals surface area contributed by atoms with E-state index >= 15 is 0 Å². The summed E-state index contributed by atoms with van der Waals surface area (Å²) in [6.45, 7) is 11.8. The van der Waals surface area contributed by atoms with Crippen molar-refractivity contribution in [3.63, 3.8) is 0 Å². The lowest BCUT2D eigenvalue weighted by atomic mass is 10.1. The molecule has 1 fully saturated rings. The summed E-state index contributed by atoms with van der Waals surface area (Å²) in [5.74, 6) is 0.994. The fourth-order valence-corrected chi connectivity index (χ4v) is 5.49. The van der Waals surface area contributed by atoms with Gasteiger partial charge in [-0.25, -0.2) is 4.98 Å². The van der Waals surface area contributed by atoms with Gasteiger partial charge in [0.15, 0.2) is 5.16 Å². The molecule has 1 saturated heterocycles. The largest absolute Gasteiger partial charge is 0.303 e. The number of piperidine rings is 1. The van der Waals surface area contributed by atoms with Crippen molar-refractivity contribution in [2.75, 3.05) is 25.4 Å². The fraction of sp³-hybridized carbons (Fsp3) is 0.667. The third kappa shape index (κ3) is 3.55. The smallest absolute Gasteiger partial charge is 0.263 e. The monoisotopic (exact) mass is 365 g/mol. The highest BCUT2D eigenvalue weighted by Gasteiger charge is 2.18. The van der Waals surface area contributed by atoms with E-state index in [2.05, 4.69) is 25.7 Å². The number of hydrogen-bond acceptors (Lipinski definition) is 5. The first-order valence-corrected chi connectivity index (χ1v) is 10.7. The highest BCUT2D eigenvalue weighted by Crippen LogP contribution is 2.29. The minimum atomic E-state index is 0.123. The molecule has 1 aliphatic rings. The number of rotatable bonds is 5. The van der Waals surface area contributed by atoms with Crippen molar-refractivity contribution >= 4 is 33.3 Å². The van der Waals surface area contributed by atoms with Crippen LogP contribution in [-0.2, 0) is 0 Å². The maximum Gasteiger partial charge on any atom is 0.263 e.